The van der Waals surface area contributed by atoms with E-state index >= 15 is 0 Å². The molecule has 1 saturated heterocycles. The first-order valence-corrected chi connectivity index (χ1v) is 11.0. The van der Waals surface area contributed by atoms with Crippen LogP contribution in [0.15, 0.2) is 24.5 Å². The molecule has 0 radical (unpaired) electrons. The minimum absolute atomic E-state index is 0.135. The fourth-order valence-electron chi connectivity index (χ4n) is 4.28. The van der Waals surface area contributed by atoms with E-state index in [1.165, 1.54) is 0 Å². The number of carbonyl (C=O) groups excluding carboxylic acids is 1. The van der Waals surface area contributed by atoms with E-state index in [-0.39, 0.29) is 12.0 Å². The average molecular weight is 460 g/mol. The molecule has 2 aliphatic heterocycles. The van der Waals surface area contributed by atoms with E-state index in [0.717, 1.165) is 22.2 Å². The molecule has 2 atom stereocenters. The van der Waals surface area contributed by atoms with Gasteiger partial charge in [-0.2, -0.15) is 5.26 Å². The van der Waals surface area contributed by atoms with E-state index < -0.39 is 6.09 Å². The summed E-state index contributed by atoms with van der Waals surface area (Å²) in [4.78, 5) is 21.1. The number of nitrogens with one attached hydrogen (secondary N) is 2. The Morgan fingerprint density at radius 2 is 2.15 bits per heavy atom. The molecule has 10 heteroatoms. The summed E-state index contributed by atoms with van der Waals surface area (Å²) in [6.45, 7) is 6.08. The van der Waals surface area contributed by atoms with Crippen LogP contribution in [-0.4, -0.2) is 48.5 Å². The molecule has 5 rings (SSSR count). The molecular formula is C24H24N6O4. The van der Waals surface area contributed by atoms with Gasteiger partial charge in [-0.05, 0) is 30.0 Å². The number of carbonyl (C=O) groups is 1. The number of pyridine rings is 2. The number of nitriles is 1. The zero-order valence-electron chi connectivity index (χ0n) is 18.8. The maximum absolute atomic E-state index is 12.4. The largest absolute Gasteiger partial charge is 0.474 e. The highest BCUT2D eigenvalue weighted by molar-refractivity contribution is 6.02. The Morgan fingerprint density at radius 1 is 1.29 bits per heavy atom. The number of amides is 1. The lowest BCUT2D eigenvalue weighted by Gasteiger charge is -2.22. The number of rotatable bonds is 3. The lowest BCUT2D eigenvalue weighted by Crippen LogP contribution is -2.27. The summed E-state index contributed by atoms with van der Waals surface area (Å²) in [6.07, 6.45) is 2.33. The van der Waals surface area contributed by atoms with E-state index in [9.17, 15) is 10.1 Å². The Balaban J connectivity index is 1.52. The van der Waals surface area contributed by atoms with Gasteiger partial charge < -0.3 is 25.3 Å². The smallest absolute Gasteiger partial charge is 0.413 e. The van der Waals surface area contributed by atoms with Crippen molar-refractivity contribution in [3.63, 3.8) is 0 Å². The van der Waals surface area contributed by atoms with Gasteiger partial charge in [0.25, 0.3) is 0 Å². The molecule has 0 aliphatic carbocycles. The van der Waals surface area contributed by atoms with Gasteiger partial charge in [0.15, 0.2) is 0 Å². The summed E-state index contributed by atoms with van der Waals surface area (Å²) < 4.78 is 16.4. The first kappa shape index (κ1) is 21.7. The number of nitrogens with two attached hydrogens (primary N) is 1. The van der Waals surface area contributed by atoms with Gasteiger partial charge in [0.2, 0.25) is 5.88 Å². The van der Waals surface area contributed by atoms with Crippen molar-refractivity contribution in [1.29, 1.82) is 5.26 Å². The Labute approximate surface area is 196 Å². The van der Waals surface area contributed by atoms with Gasteiger partial charge in [-0.25, -0.2) is 14.8 Å². The van der Waals surface area contributed by atoms with Crippen LogP contribution in [0, 0.1) is 24.2 Å². The molecular weight excluding hydrogens is 436 g/mol. The highest BCUT2D eigenvalue weighted by Gasteiger charge is 2.28. The third-order valence-corrected chi connectivity index (χ3v) is 6.20. The van der Waals surface area contributed by atoms with Crippen molar-refractivity contribution < 1.29 is 19.0 Å². The second-order valence-electron chi connectivity index (χ2n) is 8.45. The third-order valence-electron chi connectivity index (χ3n) is 6.20. The maximum atomic E-state index is 12.4. The Kier molecular flexibility index (Phi) is 5.55. The van der Waals surface area contributed by atoms with Crippen LogP contribution < -0.4 is 21.1 Å². The van der Waals surface area contributed by atoms with E-state index in [1.807, 2.05) is 19.9 Å². The molecule has 34 heavy (non-hydrogen) atoms. The van der Waals surface area contributed by atoms with Crippen LogP contribution in [0.5, 0.6) is 5.88 Å². The monoisotopic (exact) mass is 460 g/mol. The number of anilines is 3. The van der Waals surface area contributed by atoms with Crippen LogP contribution in [0.2, 0.25) is 0 Å². The van der Waals surface area contributed by atoms with Crippen LogP contribution in [0.3, 0.4) is 0 Å². The first-order chi connectivity index (χ1) is 16.5. The van der Waals surface area contributed by atoms with E-state index in [4.69, 9.17) is 19.9 Å². The van der Waals surface area contributed by atoms with Gasteiger partial charge in [-0.15, -0.1) is 0 Å². The summed E-state index contributed by atoms with van der Waals surface area (Å²) in [5, 5.41) is 17.2. The summed E-state index contributed by atoms with van der Waals surface area (Å²) in [5.74, 6) is 0.987. The summed E-state index contributed by atoms with van der Waals surface area (Å²) in [7, 11) is 0. The van der Waals surface area contributed by atoms with Gasteiger partial charge in [0.1, 0.15) is 30.3 Å². The summed E-state index contributed by atoms with van der Waals surface area (Å²) >= 11 is 0. The number of nitrogen functional groups attached to an aromatic ring is 1. The van der Waals surface area contributed by atoms with Crippen LogP contribution in [-0.2, 0) is 9.47 Å². The van der Waals surface area contributed by atoms with Gasteiger partial charge in [-0.3, -0.25) is 5.32 Å². The number of benzene rings is 1. The average Bonchev–Trinajstić information content (AvgIpc) is 3.23. The predicted octanol–water partition coefficient (Wildman–Crippen LogP) is 3.45. The molecule has 0 saturated carbocycles. The molecule has 4 heterocycles. The molecule has 10 nitrogen and oxygen atoms in total. The van der Waals surface area contributed by atoms with Gasteiger partial charge in [-0.1, -0.05) is 6.92 Å². The van der Waals surface area contributed by atoms with Crippen molar-refractivity contribution in [3.8, 4) is 23.1 Å². The SMILES string of the molecule is Cc1c(-c2cc3cc(NC(=O)O[C@H]4COC[C@@H]4C)ncc3c(N)c2C#N)cnc2c1NCCO2. The number of ether oxygens (including phenoxy) is 3. The van der Waals surface area contributed by atoms with Crippen molar-refractivity contribution in [3.05, 3.63) is 35.7 Å². The highest BCUT2D eigenvalue weighted by Crippen LogP contribution is 2.40. The minimum Gasteiger partial charge on any atom is -0.474 e. The number of hydrogen-bond donors (Lipinski definition) is 3. The quantitative estimate of drug-likeness (QED) is 0.500. The van der Waals surface area contributed by atoms with Gasteiger partial charge >= 0.3 is 6.09 Å². The lowest BCUT2D eigenvalue weighted by molar-refractivity contribution is 0.0843. The molecule has 0 spiro atoms. The number of fused-ring (bicyclic) bond motifs is 2. The van der Waals surface area contributed by atoms with E-state index in [0.29, 0.717) is 60.3 Å². The molecule has 174 valence electrons. The first-order valence-electron chi connectivity index (χ1n) is 11.0. The molecule has 0 bridgehead atoms. The second kappa shape index (κ2) is 8.68. The van der Waals surface area contributed by atoms with Crippen LogP contribution in [0.1, 0.15) is 18.1 Å². The molecule has 0 unspecified atom stereocenters. The Hall–Kier alpha value is -4.10. The Morgan fingerprint density at radius 3 is 2.91 bits per heavy atom. The predicted molar refractivity (Wildman–Crippen MR) is 127 cm³/mol. The van der Waals surface area contributed by atoms with Gasteiger partial charge in [0.05, 0.1) is 24.5 Å². The zero-order chi connectivity index (χ0) is 23.8. The standard InChI is InChI=1S/C24H24N6O4/c1-12-10-32-11-19(12)34-24(31)30-20-6-14-5-15(16(7-25)21(26)18(14)9-28-20)17-8-29-23-22(13(17)2)27-3-4-33-23/h5-6,8-9,12,19,27H,3-4,10-11,26H2,1-2H3,(H,28,30,31)/t12-,19-/m0/s1. The number of hydrogen-bond acceptors (Lipinski definition) is 9. The molecule has 2 aromatic heterocycles. The highest BCUT2D eigenvalue weighted by atomic mass is 16.6. The van der Waals surface area contributed by atoms with Crippen molar-refractivity contribution in [2.45, 2.75) is 20.0 Å². The van der Waals surface area contributed by atoms with Crippen molar-refractivity contribution in [2.24, 2.45) is 5.92 Å². The molecule has 1 fully saturated rings. The fraction of sp³-hybridized carbons (Fsp3) is 0.333. The van der Waals surface area contributed by atoms with E-state index in [1.54, 1.807) is 18.5 Å². The van der Waals surface area contributed by atoms with Crippen molar-refractivity contribution in [1.82, 2.24) is 9.97 Å². The van der Waals surface area contributed by atoms with Gasteiger partial charge in [0, 0.05) is 41.4 Å². The van der Waals surface area contributed by atoms with Crippen LogP contribution in [0.4, 0.5) is 22.0 Å². The van der Waals surface area contributed by atoms with Crippen molar-refractivity contribution in [2.75, 3.05) is 42.7 Å². The molecule has 1 amide bonds. The zero-order valence-corrected chi connectivity index (χ0v) is 18.8. The van der Waals surface area contributed by atoms with E-state index in [2.05, 4.69) is 26.7 Å². The fourth-order valence-corrected chi connectivity index (χ4v) is 4.28. The molecule has 2 aliphatic rings. The normalized spacial score (nSPS) is 19.0. The summed E-state index contributed by atoms with van der Waals surface area (Å²) in [6, 6.07) is 5.78. The molecule has 3 aromatic rings. The number of nitrogens with zero attached hydrogens (tertiary/aromatic N) is 3. The third kappa shape index (κ3) is 3.80. The summed E-state index contributed by atoms with van der Waals surface area (Å²) in [5.41, 5.74) is 10.2. The Bertz CT molecular complexity index is 1340. The number of aromatic nitrogens is 2. The topological polar surface area (TPSA) is 144 Å². The molecule has 4 N–H and O–H groups in total. The maximum Gasteiger partial charge on any atom is 0.413 e. The second-order valence-corrected chi connectivity index (χ2v) is 8.45. The van der Waals surface area contributed by atoms with Crippen molar-refractivity contribution >= 4 is 34.1 Å². The lowest BCUT2D eigenvalue weighted by atomic mass is 9.93. The molecule has 1 aromatic carbocycles. The van der Waals surface area contributed by atoms with Crippen LogP contribution >= 0.6 is 0 Å². The van der Waals surface area contributed by atoms with Crippen LogP contribution in [0.25, 0.3) is 21.9 Å². The minimum atomic E-state index is -0.600.